The van der Waals surface area contributed by atoms with Gasteiger partial charge in [0.25, 0.3) is 0 Å². The number of phenols is 1. The molecule has 0 bridgehead atoms. The Kier molecular flexibility index (Phi) is 4.53. The second-order valence-corrected chi connectivity index (χ2v) is 6.67. The van der Waals surface area contributed by atoms with Crippen LogP contribution in [0.25, 0.3) is 0 Å². The van der Waals surface area contributed by atoms with E-state index in [1.165, 1.54) is 48.2 Å². The van der Waals surface area contributed by atoms with Gasteiger partial charge in [0, 0.05) is 5.69 Å². The van der Waals surface area contributed by atoms with Gasteiger partial charge >= 0.3 is 6.18 Å². The number of halogens is 3. The average Bonchev–Trinajstić information content (AvgIpc) is 2.79. The number of amidine groups is 1. The van der Waals surface area contributed by atoms with Gasteiger partial charge in [0.15, 0.2) is 10.8 Å². The molecule has 0 saturated carbocycles. The highest BCUT2D eigenvalue weighted by molar-refractivity contribution is 7.81. The lowest BCUT2D eigenvalue weighted by Gasteiger charge is -2.30. The number of alkyl halides is 3. The molecule has 2 aromatic rings. The first-order valence-corrected chi connectivity index (χ1v) is 8.32. The minimum Gasteiger partial charge on any atom is -0.508 e. The van der Waals surface area contributed by atoms with E-state index >= 15 is 0 Å². The number of nitrogens with two attached hydrogens (primary N) is 1. The molecule has 1 atom stereocenters. The molecule has 4 N–H and O–H groups in total. The zero-order valence-electron chi connectivity index (χ0n) is 14.4. The summed E-state index contributed by atoms with van der Waals surface area (Å²) >= 11 is 5.40. The molecule has 0 radical (unpaired) electrons. The number of nitrogens with zero attached hydrogens (tertiary/aromatic N) is 3. The van der Waals surface area contributed by atoms with Gasteiger partial charge in [0.05, 0.1) is 22.9 Å². The summed E-state index contributed by atoms with van der Waals surface area (Å²) in [4.78, 5) is 2.54. The maximum atomic E-state index is 13.3. The normalized spacial score (nSPS) is 19.9. The molecule has 1 fully saturated rings. The van der Waals surface area contributed by atoms with E-state index < -0.39 is 23.0 Å². The Bertz CT molecular complexity index is 1010. The van der Waals surface area contributed by atoms with Gasteiger partial charge in [-0.25, -0.2) is 0 Å². The van der Waals surface area contributed by atoms with Crippen molar-refractivity contribution in [3.05, 3.63) is 53.6 Å². The molecule has 1 aliphatic heterocycles. The van der Waals surface area contributed by atoms with Gasteiger partial charge in [-0.1, -0.05) is 0 Å². The highest BCUT2D eigenvalue weighted by Gasteiger charge is 2.48. The Hall–Kier alpha value is -3.16. The molecule has 1 saturated heterocycles. The van der Waals surface area contributed by atoms with Crippen molar-refractivity contribution in [1.82, 2.24) is 0 Å². The van der Waals surface area contributed by atoms with E-state index in [0.717, 1.165) is 17.0 Å². The van der Waals surface area contributed by atoms with Gasteiger partial charge in [0.1, 0.15) is 11.6 Å². The Labute approximate surface area is 163 Å². The van der Waals surface area contributed by atoms with Crippen molar-refractivity contribution >= 4 is 34.5 Å². The molecule has 144 valence electrons. The van der Waals surface area contributed by atoms with Crippen molar-refractivity contribution < 1.29 is 18.3 Å². The zero-order valence-corrected chi connectivity index (χ0v) is 15.3. The molecule has 6 nitrogen and oxygen atoms in total. The third-order valence-corrected chi connectivity index (χ3v) is 4.71. The van der Waals surface area contributed by atoms with Crippen LogP contribution in [-0.4, -0.2) is 21.7 Å². The minimum atomic E-state index is -4.74. The largest absolute Gasteiger partial charge is 0.508 e. The molecule has 1 unspecified atom stereocenters. The number of hydrogen-bond acceptors (Lipinski definition) is 5. The van der Waals surface area contributed by atoms with Gasteiger partial charge in [0.2, 0.25) is 0 Å². The number of thiocarbonyl (C=S) groups is 1. The standard InChI is InChI=1S/C18H14F3N5OS/c1-17(24)15(23)25(16(28)26(17)11-4-6-13(27)7-5-11)12-3-2-10(9-22)14(8-12)18(19,20)21/h2-8,23,27H,24H2,1H3. The third-order valence-electron chi connectivity index (χ3n) is 4.35. The fraction of sp³-hybridized carbons (Fsp3) is 0.167. The number of nitrogens with one attached hydrogen (secondary N) is 1. The predicted molar refractivity (Wildman–Crippen MR) is 102 cm³/mol. The first kappa shape index (κ1) is 19.6. The van der Waals surface area contributed by atoms with Gasteiger partial charge < -0.3 is 10.8 Å². The van der Waals surface area contributed by atoms with E-state index in [-0.39, 0.29) is 22.4 Å². The second-order valence-electron chi connectivity index (χ2n) is 6.31. The molecule has 28 heavy (non-hydrogen) atoms. The summed E-state index contributed by atoms with van der Waals surface area (Å²) in [6, 6.07) is 10.5. The number of benzene rings is 2. The third kappa shape index (κ3) is 3.04. The summed E-state index contributed by atoms with van der Waals surface area (Å²) in [5, 5.41) is 26.8. The number of phenolic OH excluding ortho intramolecular Hbond substituents is 1. The van der Waals surface area contributed by atoms with E-state index in [1.54, 1.807) is 0 Å². The molecule has 0 aliphatic carbocycles. The zero-order chi connectivity index (χ0) is 20.9. The lowest BCUT2D eigenvalue weighted by Crippen LogP contribution is -2.55. The SMILES string of the molecule is CC1(N)C(=N)N(c2ccc(C#N)c(C(F)(F)F)c2)C(=S)N1c1ccc(O)cc1. The van der Waals surface area contributed by atoms with Crippen molar-refractivity contribution in [2.24, 2.45) is 5.73 Å². The Morgan fingerprint density at radius 2 is 1.75 bits per heavy atom. The van der Waals surface area contributed by atoms with Gasteiger partial charge in [-0.15, -0.1) is 0 Å². The average molecular weight is 405 g/mol. The molecule has 10 heteroatoms. The van der Waals surface area contributed by atoms with Gasteiger partial charge in [-0.2, -0.15) is 18.4 Å². The van der Waals surface area contributed by atoms with Crippen LogP contribution in [0.3, 0.4) is 0 Å². The molecule has 3 rings (SSSR count). The van der Waals surface area contributed by atoms with Crippen LogP contribution >= 0.6 is 12.2 Å². The molecular formula is C18H14F3N5OS. The van der Waals surface area contributed by atoms with Crippen LogP contribution in [0, 0.1) is 16.7 Å². The quantitative estimate of drug-likeness (QED) is 0.661. The summed E-state index contributed by atoms with van der Waals surface area (Å²) in [6.07, 6.45) is -4.74. The van der Waals surface area contributed by atoms with E-state index in [2.05, 4.69) is 0 Å². The Morgan fingerprint density at radius 3 is 2.29 bits per heavy atom. The minimum absolute atomic E-state index is 0.00137. The van der Waals surface area contributed by atoms with Gasteiger partial charge in [-0.05, 0) is 61.6 Å². The smallest absolute Gasteiger partial charge is 0.417 e. The summed E-state index contributed by atoms with van der Waals surface area (Å²) < 4.78 is 39.9. The monoisotopic (exact) mass is 405 g/mol. The van der Waals surface area contributed by atoms with Crippen LogP contribution in [0.2, 0.25) is 0 Å². The second kappa shape index (κ2) is 6.47. The van der Waals surface area contributed by atoms with Crippen LogP contribution < -0.4 is 15.5 Å². The fourth-order valence-corrected chi connectivity index (χ4v) is 3.44. The fourth-order valence-electron chi connectivity index (χ4n) is 2.95. The molecule has 1 heterocycles. The molecule has 2 aromatic carbocycles. The van der Waals surface area contributed by atoms with Crippen molar-refractivity contribution in [2.75, 3.05) is 9.80 Å². The predicted octanol–water partition coefficient (Wildman–Crippen LogP) is 3.55. The Morgan fingerprint density at radius 1 is 1.18 bits per heavy atom. The van der Waals surface area contributed by atoms with Crippen LogP contribution in [0.5, 0.6) is 5.75 Å². The number of anilines is 2. The number of hydrogen-bond donors (Lipinski definition) is 3. The van der Waals surface area contributed by atoms with Crippen LogP contribution in [0.1, 0.15) is 18.1 Å². The van der Waals surface area contributed by atoms with Gasteiger partial charge in [-0.3, -0.25) is 15.2 Å². The first-order chi connectivity index (χ1) is 13.0. The van der Waals surface area contributed by atoms with Crippen molar-refractivity contribution in [3.63, 3.8) is 0 Å². The number of rotatable bonds is 2. The first-order valence-electron chi connectivity index (χ1n) is 7.91. The van der Waals surface area contributed by atoms with E-state index in [0.29, 0.717) is 5.69 Å². The molecule has 0 spiro atoms. The lowest BCUT2D eigenvalue weighted by atomic mass is 10.1. The van der Waals surface area contributed by atoms with E-state index in [4.69, 9.17) is 28.6 Å². The van der Waals surface area contributed by atoms with Crippen LogP contribution in [0.4, 0.5) is 24.5 Å². The summed E-state index contributed by atoms with van der Waals surface area (Å²) in [5.41, 5.74) is 3.61. The number of aromatic hydroxyl groups is 1. The molecule has 1 aliphatic rings. The lowest BCUT2D eigenvalue weighted by molar-refractivity contribution is -0.137. The molecule has 0 aromatic heterocycles. The summed E-state index contributed by atoms with van der Waals surface area (Å²) in [5.74, 6) is -0.218. The molecule has 0 amide bonds. The van der Waals surface area contributed by atoms with E-state index in [1.807, 2.05) is 0 Å². The molecular weight excluding hydrogens is 391 g/mol. The highest BCUT2D eigenvalue weighted by Crippen LogP contribution is 2.38. The van der Waals surface area contributed by atoms with E-state index in [9.17, 15) is 18.3 Å². The van der Waals surface area contributed by atoms with Crippen molar-refractivity contribution in [1.29, 1.82) is 10.7 Å². The Balaban J connectivity index is 2.11. The van der Waals surface area contributed by atoms with Crippen molar-refractivity contribution in [2.45, 2.75) is 18.8 Å². The summed E-state index contributed by atoms with van der Waals surface area (Å²) in [6.45, 7) is 1.50. The number of nitriles is 1. The maximum Gasteiger partial charge on any atom is 0.417 e. The topological polar surface area (TPSA) is 100 Å². The maximum absolute atomic E-state index is 13.3. The highest BCUT2D eigenvalue weighted by atomic mass is 32.1. The summed E-state index contributed by atoms with van der Waals surface area (Å²) in [7, 11) is 0. The van der Waals surface area contributed by atoms with Crippen LogP contribution in [-0.2, 0) is 6.18 Å². The van der Waals surface area contributed by atoms with Crippen molar-refractivity contribution in [3.8, 4) is 11.8 Å². The van der Waals surface area contributed by atoms with Crippen LogP contribution in [0.15, 0.2) is 42.5 Å².